The smallest absolute Gasteiger partial charge is 0.247 e. The number of hydrogen-bond acceptors (Lipinski definition) is 8. The van der Waals surface area contributed by atoms with Crippen LogP contribution in [-0.2, 0) is 19.2 Å². The molecule has 2 aliphatic heterocycles. The molecule has 0 saturated carbocycles. The Morgan fingerprint density at radius 3 is 1.48 bits per heavy atom. The van der Waals surface area contributed by atoms with Crippen LogP contribution in [0, 0.1) is 23.3 Å². The number of carbonyl (C=O) groups is 4. The molecule has 2 unspecified atom stereocenters. The Labute approximate surface area is 350 Å². The first-order valence-corrected chi connectivity index (χ1v) is 19.8. The first kappa shape index (κ1) is 42.7. The number of halogens is 4. The summed E-state index contributed by atoms with van der Waals surface area (Å²) in [6.07, 6.45) is 3.59. The topological polar surface area (TPSA) is 131 Å². The SMILES string of the molecule is CN(C)C(C(=O)N1CCC[C@H]1C(=O)Nc1ccc(-c2cnc(-c3ccc(NC(=O)[C@@H]4CCCN4C(=O)C(c4ccc(F)cc4F)N(C)C)cc3)o2)cc1)c1ccc(F)cc1F. The van der Waals surface area contributed by atoms with Gasteiger partial charge in [-0.2, -0.15) is 0 Å². The van der Waals surface area contributed by atoms with Gasteiger partial charge in [0.25, 0.3) is 0 Å². The molecule has 0 aliphatic carbocycles. The van der Waals surface area contributed by atoms with E-state index in [0.717, 1.165) is 24.3 Å². The van der Waals surface area contributed by atoms with Crippen molar-refractivity contribution in [2.45, 2.75) is 49.9 Å². The summed E-state index contributed by atoms with van der Waals surface area (Å²) in [6.45, 7) is 0.634. The zero-order valence-electron chi connectivity index (χ0n) is 34.0. The van der Waals surface area contributed by atoms with E-state index in [1.54, 1.807) is 82.9 Å². The lowest BCUT2D eigenvalue weighted by atomic mass is 10.0. The minimum Gasteiger partial charge on any atom is -0.436 e. The first-order chi connectivity index (χ1) is 29.2. The molecule has 2 aliphatic rings. The largest absolute Gasteiger partial charge is 0.436 e. The maximum absolute atomic E-state index is 14.7. The lowest BCUT2D eigenvalue weighted by Gasteiger charge is -2.31. The molecule has 4 aromatic carbocycles. The van der Waals surface area contributed by atoms with Gasteiger partial charge in [0.05, 0.1) is 6.20 Å². The molecule has 0 bridgehead atoms. The number of carbonyl (C=O) groups excluding carboxylic acids is 4. The highest BCUT2D eigenvalue weighted by atomic mass is 19.1. The predicted octanol–water partition coefficient (Wildman–Crippen LogP) is 7.03. The van der Waals surface area contributed by atoms with Crippen molar-refractivity contribution in [3.05, 3.63) is 126 Å². The summed E-state index contributed by atoms with van der Waals surface area (Å²) >= 11 is 0. The van der Waals surface area contributed by atoms with Gasteiger partial charge in [0.15, 0.2) is 5.76 Å². The van der Waals surface area contributed by atoms with Gasteiger partial charge in [-0.05, 0) is 115 Å². The van der Waals surface area contributed by atoms with E-state index in [9.17, 15) is 36.7 Å². The first-order valence-electron chi connectivity index (χ1n) is 19.8. The summed E-state index contributed by atoms with van der Waals surface area (Å²) in [4.78, 5) is 64.7. The summed E-state index contributed by atoms with van der Waals surface area (Å²) in [6, 6.07) is 16.3. The van der Waals surface area contributed by atoms with E-state index in [4.69, 9.17) is 4.42 Å². The van der Waals surface area contributed by atoms with Crippen molar-refractivity contribution < 1.29 is 41.2 Å². The Kier molecular flexibility index (Phi) is 12.7. The van der Waals surface area contributed by atoms with E-state index in [0.29, 0.717) is 72.9 Å². The summed E-state index contributed by atoms with van der Waals surface area (Å²) in [5.41, 5.74) is 2.34. The summed E-state index contributed by atoms with van der Waals surface area (Å²) < 4.78 is 62.8. The zero-order valence-corrected chi connectivity index (χ0v) is 34.0. The van der Waals surface area contributed by atoms with Gasteiger partial charge in [0.2, 0.25) is 29.5 Å². The normalized spacial score (nSPS) is 17.5. The van der Waals surface area contributed by atoms with Gasteiger partial charge < -0.3 is 24.9 Å². The highest BCUT2D eigenvalue weighted by Gasteiger charge is 2.41. The third-order valence-electron chi connectivity index (χ3n) is 11.0. The van der Waals surface area contributed by atoms with Crippen molar-refractivity contribution in [2.75, 3.05) is 51.9 Å². The molecule has 7 rings (SSSR count). The van der Waals surface area contributed by atoms with Crippen molar-refractivity contribution in [3.63, 3.8) is 0 Å². The van der Waals surface area contributed by atoms with Crippen LogP contribution < -0.4 is 10.6 Å². The molecule has 4 atom stereocenters. The maximum Gasteiger partial charge on any atom is 0.247 e. The second-order valence-corrected chi connectivity index (χ2v) is 15.6. The summed E-state index contributed by atoms with van der Waals surface area (Å²) in [7, 11) is 6.49. The number of aromatic nitrogens is 1. The number of likely N-dealkylation sites (tertiary alicyclic amines) is 2. The Hall–Kier alpha value is -6.39. The molecule has 16 heteroatoms. The number of likely N-dealkylation sites (N-methyl/N-ethyl adjacent to an activating group) is 2. The third kappa shape index (κ3) is 9.20. The molecule has 0 radical (unpaired) electrons. The molecule has 2 fully saturated rings. The van der Waals surface area contributed by atoms with Gasteiger partial charge in [0.1, 0.15) is 47.4 Å². The molecule has 2 saturated heterocycles. The third-order valence-corrected chi connectivity index (χ3v) is 11.0. The van der Waals surface area contributed by atoms with Gasteiger partial charge in [-0.25, -0.2) is 22.5 Å². The quantitative estimate of drug-likeness (QED) is 0.128. The second kappa shape index (κ2) is 18.1. The van der Waals surface area contributed by atoms with Crippen LogP contribution in [0.15, 0.2) is 95.5 Å². The maximum atomic E-state index is 14.7. The second-order valence-electron chi connectivity index (χ2n) is 15.6. The summed E-state index contributed by atoms with van der Waals surface area (Å²) in [5.74, 6) is -4.07. The van der Waals surface area contributed by atoms with Crippen LogP contribution in [0.4, 0.5) is 28.9 Å². The van der Waals surface area contributed by atoms with Crippen molar-refractivity contribution in [1.29, 1.82) is 0 Å². The average molecular weight is 840 g/mol. The molecule has 3 heterocycles. The minimum atomic E-state index is -1.04. The number of benzene rings is 4. The van der Waals surface area contributed by atoms with E-state index in [2.05, 4.69) is 15.6 Å². The fourth-order valence-electron chi connectivity index (χ4n) is 8.04. The van der Waals surface area contributed by atoms with Crippen LogP contribution >= 0.6 is 0 Å². The highest BCUT2D eigenvalue weighted by molar-refractivity contribution is 5.99. The van der Waals surface area contributed by atoms with Crippen LogP contribution in [0.2, 0.25) is 0 Å². The number of anilines is 2. The van der Waals surface area contributed by atoms with Gasteiger partial charge in [-0.3, -0.25) is 29.0 Å². The number of rotatable bonds is 12. The van der Waals surface area contributed by atoms with Crippen molar-refractivity contribution >= 4 is 35.0 Å². The minimum absolute atomic E-state index is 0.0247. The van der Waals surface area contributed by atoms with E-state index >= 15 is 0 Å². The molecule has 5 aromatic rings. The lowest BCUT2D eigenvalue weighted by Crippen LogP contribution is -2.47. The van der Waals surface area contributed by atoms with Crippen molar-refractivity contribution in [3.8, 4) is 22.8 Å². The van der Waals surface area contributed by atoms with Gasteiger partial charge in [0, 0.05) is 58.9 Å². The van der Waals surface area contributed by atoms with E-state index in [-0.39, 0.29) is 22.9 Å². The van der Waals surface area contributed by atoms with E-state index in [1.165, 1.54) is 31.7 Å². The fourth-order valence-corrected chi connectivity index (χ4v) is 8.04. The zero-order chi connectivity index (χ0) is 43.5. The van der Waals surface area contributed by atoms with E-state index < -0.39 is 59.3 Å². The average Bonchev–Trinajstić information content (AvgIpc) is 4.02. The Morgan fingerprint density at radius 2 is 1.07 bits per heavy atom. The summed E-state index contributed by atoms with van der Waals surface area (Å²) in [5, 5.41) is 5.75. The van der Waals surface area contributed by atoms with Gasteiger partial charge in [-0.15, -0.1) is 0 Å². The number of nitrogens with one attached hydrogen (secondary N) is 2. The van der Waals surface area contributed by atoms with Gasteiger partial charge in [-0.1, -0.05) is 12.1 Å². The van der Waals surface area contributed by atoms with Crippen LogP contribution in [0.1, 0.15) is 48.9 Å². The monoisotopic (exact) mass is 839 g/mol. The van der Waals surface area contributed by atoms with Crippen LogP contribution in [0.5, 0.6) is 0 Å². The van der Waals surface area contributed by atoms with Crippen molar-refractivity contribution in [2.24, 2.45) is 0 Å². The highest BCUT2D eigenvalue weighted by Crippen LogP contribution is 2.32. The molecule has 318 valence electrons. The molecule has 0 spiro atoms. The van der Waals surface area contributed by atoms with Crippen molar-refractivity contribution in [1.82, 2.24) is 24.6 Å². The molecular formula is C45H45F4N7O5. The lowest BCUT2D eigenvalue weighted by molar-refractivity contribution is -0.141. The Morgan fingerprint density at radius 1 is 0.639 bits per heavy atom. The molecule has 61 heavy (non-hydrogen) atoms. The number of oxazole rings is 1. The van der Waals surface area contributed by atoms with Crippen LogP contribution in [0.3, 0.4) is 0 Å². The fraction of sp³-hybridized carbons (Fsp3) is 0.311. The van der Waals surface area contributed by atoms with Crippen LogP contribution in [0.25, 0.3) is 22.8 Å². The number of amides is 4. The molecule has 2 N–H and O–H groups in total. The van der Waals surface area contributed by atoms with Crippen LogP contribution in [-0.4, -0.2) is 102 Å². The van der Waals surface area contributed by atoms with Gasteiger partial charge >= 0.3 is 0 Å². The Balaban J connectivity index is 0.958. The predicted molar refractivity (Wildman–Crippen MR) is 220 cm³/mol. The standard InChI is InChI=1S/C45H45F4N7O5/c1-53(2)39(32-19-13-28(46)23-34(32)48)44(59)55-21-5-7-36(55)41(57)51-30-15-9-26(10-16-30)38-25-50-43(61-38)27-11-17-31(18-12-27)52-42(58)37-8-6-22-56(37)45(60)40(54(3)4)33-20-14-29(47)24-35(33)49/h9-20,23-25,36-37,39-40H,5-8,21-22H2,1-4H3,(H,51,57)(H,52,58)/t36-,37-,39?,40?/m0/s1. The molecule has 4 amide bonds. The molecule has 12 nitrogen and oxygen atoms in total. The molecule has 1 aromatic heterocycles. The Bertz CT molecular complexity index is 2260. The van der Waals surface area contributed by atoms with E-state index in [1.807, 2.05) is 0 Å². The molecular weight excluding hydrogens is 795 g/mol. The number of nitrogens with zero attached hydrogens (tertiary/aromatic N) is 5. The number of hydrogen-bond donors (Lipinski definition) is 2.